The molecule has 0 bridgehead atoms. The number of pyridine rings is 1. The van der Waals surface area contributed by atoms with E-state index in [4.69, 9.17) is 0 Å². The standard InChI is InChI=1S/C20H33N3O3/c1-5-23(4,6-2)13-9-10-14(3)21-19(25)17-18(24)15-11-7-8-12-16(15)22-20(17)26/h14H,5-13H2,1-4H3,(H2-,21,22,24,25,26)/p+1/t14-/m0/s1. The van der Waals surface area contributed by atoms with Crippen LogP contribution >= 0.6 is 0 Å². The Balaban J connectivity index is 2.00. The van der Waals surface area contributed by atoms with Crippen LogP contribution in [0.15, 0.2) is 4.79 Å². The quantitative estimate of drug-likeness (QED) is 0.619. The molecule has 1 aromatic rings. The molecule has 1 atom stereocenters. The third kappa shape index (κ3) is 4.67. The average Bonchev–Trinajstić information content (AvgIpc) is 2.61. The van der Waals surface area contributed by atoms with E-state index in [1.807, 2.05) is 6.92 Å². The molecule has 0 aromatic carbocycles. The van der Waals surface area contributed by atoms with Gasteiger partial charge in [0.05, 0.1) is 26.7 Å². The van der Waals surface area contributed by atoms with Gasteiger partial charge >= 0.3 is 0 Å². The Kier molecular flexibility index (Phi) is 6.87. The highest BCUT2D eigenvalue weighted by Gasteiger charge is 2.25. The summed E-state index contributed by atoms with van der Waals surface area (Å²) in [7, 11) is 2.24. The fourth-order valence-electron chi connectivity index (χ4n) is 3.66. The third-order valence-electron chi connectivity index (χ3n) is 5.95. The molecule has 6 heteroatoms. The maximum absolute atomic E-state index is 12.6. The van der Waals surface area contributed by atoms with Gasteiger partial charge in [-0.05, 0) is 59.3 Å². The molecule has 1 aliphatic carbocycles. The molecule has 26 heavy (non-hydrogen) atoms. The van der Waals surface area contributed by atoms with Gasteiger partial charge < -0.3 is 19.9 Å². The molecule has 0 saturated carbocycles. The predicted octanol–water partition coefficient (Wildman–Crippen LogP) is 2.34. The Hall–Kier alpha value is -1.82. The van der Waals surface area contributed by atoms with Crippen molar-refractivity contribution in [1.29, 1.82) is 0 Å². The first-order chi connectivity index (χ1) is 12.3. The number of carbonyl (C=O) groups is 1. The second-order valence-electron chi connectivity index (χ2n) is 7.83. The molecule has 146 valence electrons. The van der Waals surface area contributed by atoms with Crippen molar-refractivity contribution in [3.05, 3.63) is 27.2 Å². The number of fused-ring (bicyclic) bond motifs is 1. The highest BCUT2D eigenvalue weighted by atomic mass is 16.3. The van der Waals surface area contributed by atoms with Crippen LogP contribution in [0.25, 0.3) is 0 Å². The summed E-state index contributed by atoms with van der Waals surface area (Å²) >= 11 is 0. The normalized spacial score (nSPS) is 15.4. The van der Waals surface area contributed by atoms with Gasteiger partial charge in [-0.3, -0.25) is 9.59 Å². The van der Waals surface area contributed by atoms with Crippen molar-refractivity contribution < 1.29 is 14.4 Å². The number of aromatic nitrogens is 1. The number of hydrogen-bond donors (Lipinski definition) is 3. The van der Waals surface area contributed by atoms with Gasteiger partial charge in [0.1, 0.15) is 11.3 Å². The summed E-state index contributed by atoms with van der Waals surface area (Å²) in [6.45, 7) is 9.59. The third-order valence-corrected chi connectivity index (χ3v) is 5.95. The number of nitrogens with zero attached hydrogens (tertiary/aromatic N) is 1. The number of hydrogen-bond acceptors (Lipinski definition) is 3. The second kappa shape index (κ2) is 8.71. The molecular formula is C20H34N3O3+. The van der Waals surface area contributed by atoms with E-state index in [2.05, 4.69) is 31.2 Å². The lowest BCUT2D eigenvalue weighted by atomic mass is 9.93. The summed E-state index contributed by atoms with van der Waals surface area (Å²) in [4.78, 5) is 27.6. The molecule has 3 N–H and O–H groups in total. The largest absolute Gasteiger partial charge is 0.507 e. The van der Waals surface area contributed by atoms with Gasteiger partial charge in [-0.25, -0.2) is 0 Å². The Morgan fingerprint density at radius 2 is 1.92 bits per heavy atom. The van der Waals surface area contributed by atoms with Crippen molar-refractivity contribution in [2.24, 2.45) is 0 Å². The molecule has 1 heterocycles. The molecule has 0 fully saturated rings. The minimum Gasteiger partial charge on any atom is -0.507 e. The van der Waals surface area contributed by atoms with Gasteiger partial charge in [0.15, 0.2) is 0 Å². The van der Waals surface area contributed by atoms with Gasteiger partial charge in [-0.2, -0.15) is 0 Å². The van der Waals surface area contributed by atoms with Crippen LogP contribution in [0.4, 0.5) is 0 Å². The van der Waals surface area contributed by atoms with Crippen LogP contribution in [0.3, 0.4) is 0 Å². The Morgan fingerprint density at radius 3 is 2.58 bits per heavy atom. The molecular weight excluding hydrogens is 330 g/mol. The fourth-order valence-corrected chi connectivity index (χ4v) is 3.66. The lowest BCUT2D eigenvalue weighted by Gasteiger charge is -2.32. The van der Waals surface area contributed by atoms with Crippen molar-refractivity contribution in [2.45, 2.75) is 65.3 Å². The highest BCUT2D eigenvalue weighted by Crippen LogP contribution is 2.28. The van der Waals surface area contributed by atoms with E-state index in [0.29, 0.717) is 6.42 Å². The molecule has 1 amide bonds. The SMILES string of the molecule is CC[N+](C)(CC)CCC[C@H](C)NC(=O)c1c(O)c2c([nH]c1=O)CCCC2. The van der Waals surface area contributed by atoms with E-state index < -0.39 is 11.5 Å². The molecule has 0 saturated heterocycles. The zero-order valence-electron chi connectivity index (χ0n) is 16.7. The van der Waals surface area contributed by atoms with E-state index in [9.17, 15) is 14.7 Å². The fraction of sp³-hybridized carbons (Fsp3) is 0.700. The molecule has 0 spiro atoms. The van der Waals surface area contributed by atoms with Crippen LogP contribution in [0.2, 0.25) is 0 Å². The van der Waals surface area contributed by atoms with Gasteiger partial charge in [-0.15, -0.1) is 0 Å². The van der Waals surface area contributed by atoms with Gasteiger partial charge in [0.25, 0.3) is 11.5 Å². The molecule has 0 aliphatic heterocycles. The molecule has 1 aliphatic rings. The summed E-state index contributed by atoms with van der Waals surface area (Å²) in [6.07, 6.45) is 5.28. The van der Waals surface area contributed by atoms with Crippen LogP contribution in [-0.2, 0) is 12.8 Å². The number of aromatic amines is 1. The summed E-state index contributed by atoms with van der Waals surface area (Å²) in [5, 5.41) is 13.3. The average molecular weight is 365 g/mol. The van der Waals surface area contributed by atoms with Gasteiger partial charge in [-0.1, -0.05) is 0 Å². The minimum atomic E-state index is -0.492. The zero-order chi connectivity index (χ0) is 19.3. The van der Waals surface area contributed by atoms with Crippen molar-refractivity contribution in [3.63, 3.8) is 0 Å². The molecule has 0 radical (unpaired) electrons. The maximum Gasteiger partial charge on any atom is 0.264 e. The second-order valence-corrected chi connectivity index (χ2v) is 7.83. The number of quaternary nitrogens is 1. The molecule has 2 rings (SSSR count). The number of aryl methyl sites for hydroxylation is 1. The van der Waals surface area contributed by atoms with Crippen LogP contribution in [-0.4, -0.2) is 53.2 Å². The summed E-state index contributed by atoms with van der Waals surface area (Å²) in [5.74, 6) is -0.609. The first-order valence-corrected chi connectivity index (χ1v) is 9.92. The van der Waals surface area contributed by atoms with Gasteiger partial charge in [0, 0.05) is 17.3 Å². The minimum absolute atomic E-state index is 0.0421. The number of nitrogens with one attached hydrogen (secondary N) is 2. The lowest BCUT2D eigenvalue weighted by molar-refractivity contribution is -0.906. The van der Waals surface area contributed by atoms with E-state index in [0.717, 1.165) is 67.5 Å². The molecule has 6 nitrogen and oxygen atoms in total. The smallest absolute Gasteiger partial charge is 0.264 e. The first-order valence-electron chi connectivity index (χ1n) is 9.92. The Morgan fingerprint density at radius 1 is 1.27 bits per heavy atom. The number of carbonyl (C=O) groups excluding carboxylic acids is 1. The lowest BCUT2D eigenvalue weighted by Crippen LogP contribution is -2.45. The monoisotopic (exact) mass is 364 g/mol. The number of aromatic hydroxyl groups is 1. The van der Waals surface area contributed by atoms with Crippen LogP contribution in [0.1, 0.15) is 68.1 Å². The van der Waals surface area contributed by atoms with E-state index in [1.54, 1.807) is 0 Å². The predicted molar refractivity (Wildman–Crippen MR) is 104 cm³/mol. The Labute approximate surface area is 156 Å². The summed E-state index contributed by atoms with van der Waals surface area (Å²) < 4.78 is 1.02. The van der Waals surface area contributed by atoms with Gasteiger partial charge in [0.2, 0.25) is 0 Å². The summed E-state index contributed by atoms with van der Waals surface area (Å²) in [5.41, 5.74) is 0.876. The van der Waals surface area contributed by atoms with E-state index in [-0.39, 0.29) is 17.4 Å². The molecule has 0 unspecified atom stereocenters. The number of H-pyrrole nitrogens is 1. The van der Waals surface area contributed by atoms with Crippen molar-refractivity contribution >= 4 is 5.91 Å². The van der Waals surface area contributed by atoms with E-state index >= 15 is 0 Å². The Bertz CT molecular complexity index is 692. The summed E-state index contributed by atoms with van der Waals surface area (Å²) in [6, 6.07) is -0.0421. The van der Waals surface area contributed by atoms with Crippen molar-refractivity contribution in [1.82, 2.24) is 10.3 Å². The van der Waals surface area contributed by atoms with Crippen LogP contribution in [0, 0.1) is 0 Å². The first kappa shape index (κ1) is 20.5. The topological polar surface area (TPSA) is 82.2 Å². The maximum atomic E-state index is 12.6. The van der Waals surface area contributed by atoms with Crippen LogP contribution < -0.4 is 10.9 Å². The highest BCUT2D eigenvalue weighted by molar-refractivity contribution is 5.97. The number of rotatable bonds is 8. The van der Waals surface area contributed by atoms with Crippen molar-refractivity contribution in [3.8, 4) is 5.75 Å². The van der Waals surface area contributed by atoms with Crippen LogP contribution in [0.5, 0.6) is 5.75 Å². The van der Waals surface area contributed by atoms with E-state index in [1.165, 1.54) is 0 Å². The zero-order valence-corrected chi connectivity index (χ0v) is 16.7. The number of amides is 1. The molecule has 1 aromatic heterocycles. The van der Waals surface area contributed by atoms with Crippen molar-refractivity contribution in [2.75, 3.05) is 26.7 Å².